The van der Waals surface area contributed by atoms with Gasteiger partial charge in [0.2, 0.25) is 0 Å². The molecule has 1 unspecified atom stereocenters. The van der Waals surface area contributed by atoms with Gasteiger partial charge in [0.15, 0.2) is 0 Å². The van der Waals surface area contributed by atoms with Crippen LogP contribution in [-0.2, 0) is 0 Å². The molecular formula is C6H11OP. The van der Waals surface area contributed by atoms with E-state index < -0.39 is 0 Å². The molecule has 0 aromatic rings. The molecule has 1 aliphatic carbocycles. The van der Waals surface area contributed by atoms with Crippen molar-refractivity contribution < 1.29 is 5.11 Å². The van der Waals surface area contributed by atoms with Gasteiger partial charge in [-0.2, -0.15) is 0 Å². The molecule has 1 rings (SSSR count). The van der Waals surface area contributed by atoms with Crippen molar-refractivity contribution in [1.29, 1.82) is 0 Å². The van der Waals surface area contributed by atoms with Crippen LogP contribution in [0, 0.1) is 0 Å². The van der Waals surface area contributed by atoms with Gasteiger partial charge in [0.05, 0.1) is 6.10 Å². The number of aliphatic hydroxyl groups is 1. The van der Waals surface area contributed by atoms with E-state index >= 15 is 0 Å². The van der Waals surface area contributed by atoms with Crippen LogP contribution in [0.25, 0.3) is 0 Å². The number of rotatable bonds is 0. The Kier molecular flexibility index (Phi) is 1.69. The highest BCUT2D eigenvalue weighted by Gasteiger charge is 2.15. The smallest absolute Gasteiger partial charge is 0.0791 e. The van der Waals surface area contributed by atoms with E-state index in [2.05, 4.69) is 16.2 Å². The first-order valence-electron chi connectivity index (χ1n) is 2.85. The van der Waals surface area contributed by atoms with E-state index in [9.17, 15) is 0 Å². The molecule has 46 valence electrons. The van der Waals surface area contributed by atoms with Gasteiger partial charge >= 0.3 is 0 Å². The topological polar surface area (TPSA) is 20.2 Å². The highest BCUT2D eigenvalue weighted by Crippen LogP contribution is 2.29. The van der Waals surface area contributed by atoms with Crippen molar-refractivity contribution in [2.45, 2.75) is 25.9 Å². The van der Waals surface area contributed by atoms with Gasteiger partial charge in [-0.05, 0) is 25.1 Å². The molecular weight excluding hydrogens is 119 g/mol. The van der Waals surface area contributed by atoms with Crippen molar-refractivity contribution in [2.24, 2.45) is 0 Å². The summed E-state index contributed by atoms with van der Waals surface area (Å²) in [4.78, 5) is 0. The van der Waals surface area contributed by atoms with E-state index in [1.54, 1.807) is 0 Å². The number of allylic oxidation sites excluding steroid dienone is 1. The lowest BCUT2D eigenvalue weighted by Gasteiger charge is -1.99. The average Bonchev–Trinajstić information content (AvgIpc) is 1.98. The summed E-state index contributed by atoms with van der Waals surface area (Å²) in [6.45, 7) is 2.07. The SMILES string of the molecule is CC1=C(P)[C@@H](O)CC1. The molecule has 0 aromatic carbocycles. The van der Waals surface area contributed by atoms with Gasteiger partial charge in [0.1, 0.15) is 0 Å². The number of aliphatic hydroxyl groups excluding tert-OH is 1. The monoisotopic (exact) mass is 130 g/mol. The first-order chi connectivity index (χ1) is 3.72. The average molecular weight is 130 g/mol. The molecule has 8 heavy (non-hydrogen) atoms. The molecule has 0 fully saturated rings. The van der Waals surface area contributed by atoms with Gasteiger partial charge in [0.25, 0.3) is 0 Å². The van der Waals surface area contributed by atoms with Crippen LogP contribution in [0.1, 0.15) is 19.8 Å². The third-order valence-corrected chi connectivity index (χ3v) is 2.52. The molecule has 0 aliphatic heterocycles. The van der Waals surface area contributed by atoms with Crippen LogP contribution in [0.5, 0.6) is 0 Å². The molecule has 0 saturated carbocycles. The van der Waals surface area contributed by atoms with Crippen LogP contribution in [0.2, 0.25) is 0 Å². The molecule has 0 heterocycles. The molecule has 1 N–H and O–H groups in total. The normalized spacial score (nSPS) is 29.6. The third kappa shape index (κ3) is 0.936. The van der Waals surface area contributed by atoms with Crippen molar-refractivity contribution in [3.63, 3.8) is 0 Å². The molecule has 2 heteroatoms. The Bertz CT molecular complexity index is 128. The Morgan fingerprint density at radius 2 is 2.38 bits per heavy atom. The van der Waals surface area contributed by atoms with Crippen LogP contribution >= 0.6 is 9.24 Å². The quantitative estimate of drug-likeness (QED) is 0.490. The summed E-state index contributed by atoms with van der Waals surface area (Å²) >= 11 is 0. The molecule has 1 aliphatic rings. The lowest BCUT2D eigenvalue weighted by molar-refractivity contribution is 0.219. The van der Waals surface area contributed by atoms with Crippen molar-refractivity contribution in [1.82, 2.24) is 0 Å². The van der Waals surface area contributed by atoms with Crippen LogP contribution in [0.3, 0.4) is 0 Å². The molecule has 1 nitrogen and oxygen atoms in total. The van der Waals surface area contributed by atoms with E-state index in [-0.39, 0.29) is 6.10 Å². The van der Waals surface area contributed by atoms with Crippen molar-refractivity contribution >= 4 is 9.24 Å². The largest absolute Gasteiger partial charge is 0.388 e. The lowest BCUT2D eigenvalue weighted by Crippen LogP contribution is -1.98. The third-order valence-electron chi connectivity index (χ3n) is 1.64. The summed E-state index contributed by atoms with van der Waals surface area (Å²) in [5.41, 5.74) is 1.34. The summed E-state index contributed by atoms with van der Waals surface area (Å²) in [5.74, 6) is 0. The Balaban J connectivity index is 2.71. The second-order valence-electron chi connectivity index (χ2n) is 2.29. The highest BCUT2D eigenvalue weighted by atomic mass is 31.0. The Morgan fingerprint density at radius 3 is 2.50 bits per heavy atom. The second kappa shape index (κ2) is 2.16. The fourth-order valence-corrected chi connectivity index (χ4v) is 1.25. The van der Waals surface area contributed by atoms with Gasteiger partial charge in [-0.3, -0.25) is 0 Å². The van der Waals surface area contributed by atoms with E-state index in [1.165, 1.54) is 5.57 Å². The zero-order valence-corrected chi connectivity index (χ0v) is 6.17. The summed E-state index contributed by atoms with van der Waals surface area (Å²) < 4.78 is 0. The minimum atomic E-state index is -0.167. The maximum absolute atomic E-state index is 9.09. The van der Waals surface area contributed by atoms with E-state index in [0.717, 1.165) is 18.2 Å². The standard InChI is InChI=1S/C6H11OP/c1-4-2-3-5(7)6(4)8/h5,7H,2-3,8H2,1H3/t5-/m0/s1. The molecule has 0 bridgehead atoms. The zero-order valence-electron chi connectivity index (χ0n) is 5.02. The fraction of sp³-hybridized carbons (Fsp3) is 0.667. The summed E-state index contributed by atoms with van der Waals surface area (Å²) in [6, 6.07) is 0. The molecule has 0 radical (unpaired) electrons. The second-order valence-corrected chi connectivity index (χ2v) is 2.91. The predicted octanol–water partition coefficient (Wildman–Crippen LogP) is 1.29. The van der Waals surface area contributed by atoms with Crippen molar-refractivity contribution in [2.75, 3.05) is 0 Å². The number of hydrogen-bond donors (Lipinski definition) is 1. The molecule has 0 amide bonds. The van der Waals surface area contributed by atoms with Crippen molar-refractivity contribution in [3.05, 3.63) is 10.9 Å². The predicted molar refractivity (Wildman–Crippen MR) is 37.7 cm³/mol. The van der Waals surface area contributed by atoms with Gasteiger partial charge in [0, 0.05) is 0 Å². The van der Waals surface area contributed by atoms with Gasteiger partial charge in [-0.1, -0.05) is 5.57 Å². The van der Waals surface area contributed by atoms with Crippen molar-refractivity contribution in [3.8, 4) is 0 Å². The van der Waals surface area contributed by atoms with E-state index in [4.69, 9.17) is 5.11 Å². The molecule has 0 aromatic heterocycles. The van der Waals surface area contributed by atoms with E-state index in [1.807, 2.05) is 0 Å². The van der Waals surface area contributed by atoms with Gasteiger partial charge < -0.3 is 5.11 Å². The summed E-state index contributed by atoms with van der Waals surface area (Å²) in [5, 5.41) is 10.2. The van der Waals surface area contributed by atoms with Crippen LogP contribution in [0.4, 0.5) is 0 Å². The van der Waals surface area contributed by atoms with Gasteiger partial charge in [-0.15, -0.1) is 9.24 Å². The highest BCUT2D eigenvalue weighted by molar-refractivity contribution is 7.22. The number of hydrogen-bond acceptors (Lipinski definition) is 1. The summed E-state index contributed by atoms with van der Waals surface area (Å²) in [6.07, 6.45) is 1.82. The maximum Gasteiger partial charge on any atom is 0.0791 e. The maximum atomic E-state index is 9.09. The minimum Gasteiger partial charge on any atom is -0.388 e. The molecule has 2 atom stereocenters. The molecule has 0 spiro atoms. The Morgan fingerprint density at radius 1 is 1.75 bits per heavy atom. The zero-order chi connectivity index (χ0) is 6.15. The lowest BCUT2D eigenvalue weighted by atomic mass is 10.3. The Labute approximate surface area is 52.0 Å². The fourth-order valence-electron chi connectivity index (χ4n) is 0.937. The van der Waals surface area contributed by atoms with Crippen LogP contribution in [0.15, 0.2) is 10.9 Å². The summed E-state index contributed by atoms with van der Waals surface area (Å²) in [7, 11) is 2.58. The molecule has 0 saturated heterocycles. The first kappa shape index (κ1) is 6.25. The van der Waals surface area contributed by atoms with Crippen LogP contribution in [-0.4, -0.2) is 11.2 Å². The van der Waals surface area contributed by atoms with Crippen LogP contribution < -0.4 is 0 Å². The van der Waals surface area contributed by atoms with Gasteiger partial charge in [-0.25, -0.2) is 0 Å². The Hall–Kier alpha value is 0.130. The first-order valence-corrected chi connectivity index (χ1v) is 3.42. The minimum absolute atomic E-state index is 0.167. The van der Waals surface area contributed by atoms with E-state index in [0.29, 0.717) is 0 Å².